The Morgan fingerprint density at radius 2 is 1.84 bits per heavy atom. The molecule has 2 amide bonds. The third kappa shape index (κ3) is 8.03. The molecule has 2 aromatic carbocycles. The average molecular weight is 599 g/mol. The van der Waals surface area contributed by atoms with E-state index in [-0.39, 0.29) is 36.1 Å². The number of hydrogen-bond donors (Lipinski definition) is 3. The Labute approximate surface area is 254 Å². The highest BCUT2D eigenvalue weighted by Crippen LogP contribution is 2.30. The quantitative estimate of drug-likeness (QED) is 0.0997. The van der Waals surface area contributed by atoms with E-state index in [1.54, 1.807) is 31.6 Å². The van der Waals surface area contributed by atoms with Crippen LogP contribution in [0.5, 0.6) is 5.75 Å². The van der Waals surface area contributed by atoms with E-state index in [0.29, 0.717) is 35.1 Å². The molecule has 44 heavy (non-hydrogen) atoms. The zero-order valence-corrected chi connectivity index (χ0v) is 25.1. The molecule has 0 fully saturated rings. The number of benzene rings is 2. The Morgan fingerprint density at radius 1 is 1.07 bits per heavy atom. The number of carbonyl (C=O) groups is 2. The molecule has 0 spiro atoms. The van der Waals surface area contributed by atoms with Gasteiger partial charge in [0.25, 0.3) is 5.91 Å². The normalized spacial score (nSPS) is 10.7. The van der Waals surface area contributed by atoms with Crippen LogP contribution < -0.4 is 25.6 Å². The van der Waals surface area contributed by atoms with Gasteiger partial charge in [0.2, 0.25) is 12.4 Å². The van der Waals surface area contributed by atoms with Crippen molar-refractivity contribution in [3.63, 3.8) is 0 Å². The number of nitrogens with one attached hydrogen (secondary N) is 3. The minimum absolute atomic E-state index is 0.0395. The molecule has 4 aromatic rings. The molecule has 4 rings (SSSR count). The van der Waals surface area contributed by atoms with Crippen molar-refractivity contribution in [3.05, 3.63) is 93.4 Å². The second-order valence-corrected chi connectivity index (χ2v) is 10.6. The Kier molecular flexibility index (Phi) is 10.0. The molecular weight excluding hydrogens is 564 g/mol. The van der Waals surface area contributed by atoms with Gasteiger partial charge in [-0.05, 0) is 55.7 Å². The van der Waals surface area contributed by atoms with E-state index in [9.17, 15) is 19.7 Å². The first kappa shape index (κ1) is 31.3. The second-order valence-electron chi connectivity index (χ2n) is 10.6. The van der Waals surface area contributed by atoms with Crippen LogP contribution in [0, 0.1) is 29.9 Å². The van der Waals surface area contributed by atoms with Crippen molar-refractivity contribution >= 4 is 46.8 Å². The molecule has 228 valence electrons. The lowest BCUT2D eigenvalue weighted by Gasteiger charge is -2.18. The fraction of sp³-hybridized carbons (Fsp3) is 0.258. The predicted molar refractivity (Wildman–Crippen MR) is 169 cm³/mol. The molecule has 0 atom stereocenters. The highest BCUT2D eigenvalue weighted by Gasteiger charge is 2.19. The lowest BCUT2D eigenvalue weighted by Crippen LogP contribution is -2.19. The molecule has 3 N–H and O–H groups in total. The SMILES string of the molecule is Cc1ccc(Nc2ncc(CNc3cc(NC(=O)c4ccc([N+](=O)[O-])c(OCC(C)C)c4)ccc3C)c(N(C)C=O)n2)cn1. The fourth-order valence-corrected chi connectivity index (χ4v) is 4.07. The molecule has 0 saturated heterocycles. The lowest BCUT2D eigenvalue weighted by atomic mass is 10.1. The summed E-state index contributed by atoms with van der Waals surface area (Å²) < 4.78 is 5.61. The first-order valence-corrected chi connectivity index (χ1v) is 13.8. The van der Waals surface area contributed by atoms with Gasteiger partial charge in [0.15, 0.2) is 5.75 Å². The largest absolute Gasteiger partial charge is 0.487 e. The van der Waals surface area contributed by atoms with Gasteiger partial charge < -0.3 is 25.6 Å². The summed E-state index contributed by atoms with van der Waals surface area (Å²) >= 11 is 0. The van der Waals surface area contributed by atoms with E-state index < -0.39 is 10.8 Å². The van der Waals surface area contributed by atoms with E-state index in [2.05, 4.69) is 30.9 Å². The number of rotatable bonds is 13. The van der Waals surface area contributed by atoms with Crippen molar-refractivity contribution in [1.29, 1.82) is 0 Å². The summed E-state index contributed by atoms with van der Waals surface area (Å²) in [6.07, 6.45) is 3.97. The molecule has 0 aliphatic carbocycles. The Balaban J connectivity index is 1.49. The third-order valence-electron chi connectivity index (χ3n) is 6.46. The molecule has 0 unspecified atom stereocenters. The number of aryl methyl sites for hydroxylation is 2. The number of anilines is 5. The molecular formula is C31H34N8O5. The number of aromatic nitrogens is 3. The van der Waals surface area contributed by atoms with Crippen LogP contribution in [0.1, 0.15) is 41.0 Å². The Morgan fingerprint density at radius 3 is 2.52 bits per heavy atom. The molecule has 0 aliphatic rings. The average Bonchev–Trinajstić information content (AvgIpc) is 3.01. The molecule has 0 bridgehead atoms. The van der Waals surface area contributed by atoms with Gasteiger partial charge in [-0.25, -0.2) is 4.98 Å². The lowest BCUT2D eigenvalue weighted by molar-refractivity contribution is -0.385. The summed E-state index contributed by atoms with van der Waals surface area (Å²) in [7, 11) is 1.61. The molecule has 0 aliphatic heterocycles. The summed E-state index contributed by atoms with van der Waals surface area (Å²) in [5.41, 5.74) is 4.44. The van der Waals surface area contributed by atoms with Crippen LogP contribution in [0.25, 0.3) is 0 Å². The van der Waals surface area contributed by atoms with Crippen molar-refractivity contribution in [2.75, 3.05) is 34.5 Å². The number of amides is 2. The van der Waals surface area contributed by atoms with Crippen molar-refractivity contribution in [3.8, 4) is 5.75 Å². The number of nitro benzene ring substituents is 1. The maximum absolute atomic E-state index is 13.1. The minimum Gasteiger partial charge on any atom is -0.487 e. The highest BCUT2D eigenvalue weighted by atomic mass is 16.6. The number of ether oxygens (including phenoxy) is 1. The van der Waals surface area contributed by atoms with Gasteiger partial charge in [-0.1, -0.05) is 19.9 Å². The standard InChI is InChI=1S/C31H34N8O5/c1-19(2)17-44-28-12-22(8-11-27(28)39(42)43)30(41)35-24-9-6-20(3)26(13-24)33-14-23-15-34-31(37-29(23)38(5)18-40)36-25-10-7-21(4)32-16-25/h6-13,15-16,18-19,33H,14,17H2,1-5H3,(H,35,41)(H,34,36,37). The first-order chi connectivity index (χ1) is 21.0. The maximum atomic E-state index is 13.1. The third-order valence-corrected chi connectivity index (χ3v) is 6.46. The van der Waals surface area contributed by atoms with Gasteiger partial charge in [-0.2, -0.15) is 4.98 Å². The van der Waals surface area contributed by atoms with E-state index in [4.69, 9.17) is 4.74 Å². The highest BCUT2D eigenvalue weighted by molar-refractivity contribution is 6.05. The van der Waals surface area contributed by atoms with Gasteiger partial charge in [0, 0.05) is 60.1 Å². The molecule has 13 nitrogen and oxygen atoms in total. The summed E-state index contributed by atoms with van der Waals surface area (Å²) in [6, 6.07) is 13.1. The molecule has 2 aromatic heterocycles. The number of nitro groups is 1. The Bertz CT molecular complexity index is 1660. The van der Waals surface area contributed by atoms with Crippen LogP contribution in [0.3, 0.4) is 0 Å². The van der Waals surface area contributed by atoms with Crippen LogP contribution >= 0.6 is 0 Å². The van der Waals surface area contributed by atoms with Crippen LogP contribution in [0.4, 0.5) is 34.5 Å². The molecule has 0 radical (unpaired) electrons. The summed E-state index contributed by atoms with van der Waals surface area (Å²) in [4.78, 5) is 50.2. The van der Waals surface area contributed by atoms with Crippen molar-refractivity contribution in [2.45, 2.75) is 34.2 Å². The molecule has 13 heteroatoms. The summed E-state index contributed by atoms with van der Waals surface area (Å²) in [5.74, 6) is 0.476. The van der Waals surface area contributed by atoms with E-state index in [1.165, 1.54) is 23.1 Å². The van der Waals surface area contributed by atoms with Crippen molar-refractivity contribution in [2.24, 2.45) is 5.92 Å². The monoisotopic (exact) mass is 598 g/mol. The van der Waals surface area contributed by atoms with Gasteiger partial charge in [0.1, 0.15) is 5.82 Å². The number of carbonyl (C=O) groups excluding carboxylic acids is 2. The topological polar surface area (TPSA) is 165 Å². The van der Waals surface area contributed by atoms with Crippen molar-refractivity contribution in [1.82, 2.24) is 15.0 Å². The Hall–Kier alpha value is -5.59. The zero-order chi connectivity index (χ0) is 31.8. The van der Waals surface area contributed by atoms with E-state index in [1.807, 2.05) is 45.9 Å². The van der Waals surface area contributed by atoms with Gasteiger partial charge in [-0.3, -0.25) is 24.7 Å². The number of nitrogens with zero attached hydrogens (tertiary/aromatic N) is 5. The predicted octanol–water partition coefficient (Wildman–Crippen LogP) is 5.63. The number of hydrogen-bond acceptors (Lipinski definition) is 10. The van der Waals surface area contributed by atoms with Crippen LogP contribution in [-0.2, 0) is 11.3 Å². The molecule has 0 saturated carbocycles. The minimum atomic E-state index is -0.538. The van der Waals surface area contributed by atoms with Gasteiger partial charge in [-0.15, -0.1) is 0 Å². The fourth-order valence-electron chi connectivity index (χ4n) is 4.07. The van der Waals surface area contributed by atoms with E-state index in [0.717, 1.165) is 16.9 Å². The first-order valence-electron chi connectivity index (χ1n) is 13.8. The summed E-state index contributed by atoms with van der Waals surface area (Å²) in [6.45, 7) is 8.23. The van der Waals surface area contributed by atoms with Crippen LogP contribution in [-0.4, -0.2) is 45.8 Å². The zero-order valence-electron chi connectivity index (χ0n) is 25.1. The summed E-state index contributed by atoms with van der Waals surface area (Å²) in [5, 5.41) is 20.7. The molecule has 2 heterocycles. The maximum Gasteiger partial charge on any atom is 0.310 e. The second kappa shape index (κ2) is 14.1. The smallest absolute Gasteiger partial charge is 0.310 e. The van der Waals surface area contributed by atoms with E-state index >= 15 is 0 Å². The van der Waals surface area contributed by atoms with Crippen molar-refractivity contribution < 1.29 is 19.2 Å². The number of pyridine rings is 1. The van der Waals surface area contributed by atoms with Gasteiger partial charge >= 0.3 is 5.69 Å². The van der Waals surface area contributed by atoms with Crippen LogP contribution in [0.15, 0.2) is 60.9 Å². The van der Waals surface area contributed by atoms with Gasteiger partial charge in [0.05, 0.1) is 23.4 Å². The van der Waals surface area contributed by atoms with Crippen LogP contribution in [0.2, 0.25) is 0 Å².